The maximum absolute atomic E-state index is 12.2. The normalized spacial score (nSPS) is 18.3. The minimum Gasteiger partial charge on any atom is -0.392 e. The van der Waals surface area contributed by atoms with Crippen molar-refractivity contribution in [3.05, 3.63) is 35.4 Å². The molecular formula is C14H22N2O3S. The van der Waals surface area contributed by atoms with E-state index in [2.05, 4.69) is 9.62 Å². The predicted octanol–water partition coefficient (Wildman–Crippen LogP) is 0.692. The van der Waals surface area contributed by atoms with Gasteiger partial charge >= 0.3 is 0 Å². The topological polar surface area (TPSA) is 69.6 Å². The zero-order valence-corrected chi connectivity index (χ0v) is 12.6. The van der Waals surface area contributed by atoms with E-state index in [0.29, 0.717) is 5.56 Å². The molecule has 0 saturated carbocycles. The fourth-order valence-corrected chi connectivity index (χ4v) is 3.90. The molecule has 0 atom stereocenters. The van der Waals surface area contributed by atoms with Crippen LogP contribution >= 0.6 is 0 Å². The molecule has 1 aromatic rings. The van der Waals surface area contributed by atoms with Gasteiger partial charge < -0.3 is 10.0 Å². The highest BCUT2D eigenvalue weighted by atomic mass is 32.2. The van der Waals surface area contributed by atoms with Crippen LogP contribution in [-0.2, 0) is 22.4 Å². The average molecular weight is 298 g/mol. The van der Waals surface area contributed by atoms with Crippen LogP contribution in [0.4, 0.5) is 0 Å². The summed E-state index contributed by atoms with van der Waals surface area (Å²) in [5.74, 6) is -0.0345. The van der Waals surface area contributed by atoms with Crippen LogP contribution in [0.5, 0.6) is 0 Å². The molecule has 2 rings (SSSR count). The van der Waals surface area contributed by atoms with Crippen molar-refractivity contribution in [3.8, 4) is 0 Å². The molecular weight excluding hydrogens is 276 g/mol. The number of aliphatic hydroxyl groups excluding tert-OH is 1. The van der Waals surface area contributed by atoms with E-state index in [1.165, 1.54) is 0 Å². The summed E-state index contributed by atoms with van der Waals surface area (Å²) in [4.78, 5) is 2.20. The van der Waals surface area contributed by atoms with Gasteiger partial charge in [0, 0.05) is 6.04 Å². The molecule has 112 valence electrons. The molecule has 1 fully saturated rings. The smallest absolute Gasteiger partial charge is 0.216 e. The average Bonchev–Trinajstić information content (AvgIpc) is 2.41. The van der Waals surface area contributed by atoms with Gasteiger partial charge in [-0.1, -0.05) is 24.3 Å². The maximum atomic E-state index is 12.2. The van der Waals surface area contributed by atoms with Crippen LogP contribution in [0.1, 0.15) is 24.0 Å². The van der Waals surface area contributed by atoms with E-state index in [9.17, 15) is 8.42 Å². The molecule has 2 N–H and O–H groups in total. The van der Waals surface area contributed by atoms with Crippen molar-refractivity contribution in [2.75, 3.05) is 20.1 Å². The first kappa shape index (κ1) is 15.4. The van der Waals surface area contributed by atoms with Crippen molar-refractivity contribution in [2.45, 2.75) is 31.2 Å². The Balaban J connectivity index is 1.96. The lowest BCUT2D eigenvalue weighted by molar-refractivity contribution is 0.248. The maximum Gasteiger partial charge on any atom is 0.216 e. The lowest BCUT2D eigenvalue weighted by Crippen LogP contribution is -2.43. The Hall–Kier alpha value is -0.950. The quantitative estimate of drug-likeness (QED) is 0.839. The van der Waals surface area contributed by atoms with E-state index in [1.54, 1.807) is 24.3 Å². The summed E-state index contributed by atoms with van der Waals surface area (Å²) in [5, 5.41) is 9.08. The molecule has 1 heterocycles. The number of likely N-dealkylation sites (tertiary alicyclic amines) is 1. The first-order valence-electron chi connectivity index (χ1n) is 6.86. The second-order valence-electron chi connectivity index (χ2n) is 5.43. The summed E-state index contributed by atoms with van der Waals surface area (Å²) < 4.78 is 27.1. The zero-order chi connectivity index (χ0) is 14.6. The molecule has 1 saturated heterocycles. The Morgan fingerprint density at radius 2 is 1.95 bits per heavy atom. The second kappa shape index (κ2) is 6.67. The van der Waals surface area contributed by atoms with Gasteiger partial charge in [0.25, 0.3) is 0 Å². The number of sulfonamides is 1. The highest BCUT2D eigenvalue weighted by Gasteiger charge is 2.22. The minimum absolute atomic E-state index is 0.0345. The van der Waals surface area contributed by atoms with Gasteiger partial charge in [-0.15, -0.1) is 0 Å². The van der Waals surface area contributed by atoms with Gasteiger partial charge in [0.05, 0.1) is 12.4 Å². The van der Waals surface area contributed by atoms with Crippen molar-refractivity contribution in [2.24, 2.45) is 0 Å². The van der Waals surface area contributed by atoms with Gasteiger partial charge in [0.15, 0.2) is 0 Å². The third-order valence-electron chi connectivity index (χ3n) is 3.60. The van der Waals surface area contributed by atoms with Crippen molar-refractivity contribution >= 4 is 10.0 Å². The van der Waals surface area contributed by atoms with Crippen molar-refractivity contribution in [1.29, 1.82) is 0 Å². The molecule has 0 amide bonds. The fraction of sp³-hybridized carbons (Fsp3) is 0.571. The Morgan fingerprint density at radius 3 is 2.60 bits per heavy atom. The van der Waals surface area contributed by atoms with Crippen LogP contribution in [0.3, 0.4) is 0 Å². The van der Waals surface area contributed by atoms with Gasteiger partial charge in [0.1, 0.15) is 0 Å². The SMILES string of the molecule is CN1CCC(NS(=O)(=O)Cc2cccc(CO)c2)CC1. The summed E-state index contributed by atoms with van der Waals surface area (Å²) in [6, 6.07) is 7.09. The van der Waals surface area contributed by atoms with Crippen LogP contribution in [0.15, 0.2) is 24.3 Å². The summed E-state index contributed by atoms with van der Waals surface area (Å²) in [7, 11) is -1.28. The molecule has 1 aliphatic rings. The molecule has 1 aliphatic heterocycles. The molecule has 5 nitrogen and oxygen atoms in total. The Kier molecular flexibility index (Phi) is 5.15. The number of rotatable bonds is 5. The number of nitrogens with zero attached hydrogens (tertiary/aromatic N) is 1. The van der Waals surface area contributed by atoms with Crippen LogP contribution in [-0.4, -0.2) is 44.6 Å². The van der Waals surface area contributed by atoms with Crippen molar-refractivity contribution in [1.82, 2.24) is 9.62 Å². The molecule has 0 unspecified atom stereocenters. The van der Waals surface area contributed by atoms with E-state index in [0.717, 1.165) is 31.5 Å². The van der Waals surface area contributed by atoms with E-state index in [4.69, 9.17) is 5.11 Å². The summed E-state index contributed by atoms with van der Waals surface area (Å²) in [6.45, 7) is 1.77. The van der Waals surface area contributed by atoms with Gasteiger partial charge in [0.2, 0.25) is 10.0 Å². The summed E-state index contributed by atoms with van der Waals surface area (Å²) in [6.07, 6.45) is 1.71. The number of hydrogen-bond donors (Lipinski definition) is 2. The highest BCUT2D eigenvalue weighted by Crippen LogP contribution is 2.13. The molecule has 6 heteroatoms. The van der Waals surface area contributed by atoms with E-state index >= 15 is 0 Å². The molecule has 0 bridgehead atoms. The third kappa shape index (κ3) is 4.56. The number of aliphatic hydroxyl groups is 1. The van der Waals surface area contributed by atoms with E-state index in [-0.39, 0.29) is 18.4 Å². The number of benzene rings is 1. The first-order chi connectivity index (χ1) is 9.48. The Morgan fingerprint density at radius 1 is 1.30 bits per heavy atom. The van der Waals surface area contributed by atoms with Crippen molar-refractivity contribution in [3.63, 3.8) is 0 Å². The van der Waals surface area contributed by atoms with E-state index in [1.807, 2.05) is 7.05 Å². The standard InChI is InChI=1S/C14H22N2O3S/c1-16-7-5-14(6-8-16)15-20(18,19)11-13-4-2-3-12(9-13)10-17/h2-4,9,14-15,17H,5-8,10-11H2,1H3. The minimum atomic E-state index is -3.33. The Bertz CT molecular complexity index is 537. The number of hydrogen-bond acceptors (Lipinski definition) is 4. The van der Waals surface area contributed by atoms with E-state index < -0.39 is 10.0 Å². The van der Waals surface area contributed by atoms with Gasteiger partial charge in [-0.05, 0) is 44.1 Å². The summed E-state index contributed by atoms with van der Waals surface area (Å²) in [5.41, 5.74) is 1.44. The first-order valence-corrected chi connectivity index (χ1v) is 8.51. The van der Waals surface area contributed by atoms with Crippen LogP contribution in [0, 0.1) is 0 Å². The van der Waals surface area contributed by atoms with Crippen LogP contribution < -0.4 is 4.72 Å². The molecule has 0 spiro atoms. The lowest BCUT2D eigenvalue weighted by Gasteiger charge is -2.29. The highest BCUT2D eigenvalue weighted by molar-refractivity contribution is 7.88. The molecule has 0 aliphatic carbocycles. The van der Waals surface area contributed by atoms with Crippen molar-refractivity contribution < 1.29 is 13.5 Å². The third-order valence-corrected chi connectivity index (χ3v) is 5.00. The number of nitrogens with one attached hydrogen (secondary N) is 1. The molecule has 1 aromatic carbocycles. The number of piperidine rings is 1. The lowest BCUT2D eigenvalue weighted by atomic mass is 10.1. The fourth-order valence-electron chi connectivity index (χ4n) is 2.46. The largest absolute Gasteiger partial charge is 0.392 e. The van der Waals surface area contributed by atoms with Gasteiger partial charge in [-0.3, -0.25) is 0 Å². The molecule has 0 radical (unpaired) electrons. The zero-order valence-electron chi connectivity index (χ0n) is 11.7. The second-order valence-corrected chi connectivity index (χ2v) is 7.19. The summed E-state index contributed by atoms with van der Waals surface area (Å²) >= 11 is 0. The van der Waals surface area contributed by atoms with Crippen LogP contribution in [0.2, 0.25) is 0 Å². The Labute approximate surface area is 120 Å². The van der Waals surface area contributed by atoms with Crippen LogP contribution in [0.25, 0.3) is 0 Å². The van der Waals surface area contributed by atoms with Gasteiger partial charge in [-0.25, -0.2) is 13.1 Å². The monoisotopic (exact) mass is 298 g/mol. The predicted molar refractivity (Wildman–Crippen MR) is 78.6 cm³/mol. The molecule has 20 heavy (non-hydrogen) atoms. The van der Waals surface area contributed by atoms with Gasteiger partial charge in [-0.2, -0.15) is 0 Å². The molecule has 0 aromatic heterocycles.